The Bertz CT molecular complexity index is 678. The van der Waals surface area contributed by atoms with Gasteiger partial charge in [-0.1, -0.05) is 24.4 Å². The smallest absolute Gasteiger partial charge is 0.226 e. The molecule has 1 fully saturated rings. The molecule has 0 aliphatic heterocycles. The first-order valence-electron chi connectivity index (χ1n) is 9.06. The maximum Gasteiger partial charge on any atom is 0.226 e. The van der Waals surface area contributed by atoms with E-state index in [-0.39, 0.29) is 11.7 Å². The van der Waals surface area contributed by atoms with E-state index in [0.717, 1.165) is 6.54 Å². The second kappa shape index (κ2) is 8.74. The zero-order valence-corrected chi connectivity index (χ0v) is 14.3. The molecule has 0 spiro atoms. The summed E-state index contributed by atoms with van der Waals surface area (Å²) < 4.78 is 18.1. The van der Waals surface area contributed by atoms with E-state index in [2.05, 4.69) is 15.5 Å². The third-order valence-corrected chi connectivity index (χ3v) is 4.68. The second-order valence-electron chi connectivity index (χ2n) is 6.68. The predicted octanol–water partition coefficient (Wildman–Crippen LogP) is 3.89. The summed E-state index contributed by atoms with van der Waals surface area (Å²) in [5.41, 5.74) is 0.710. The Morgan fingerprint density at radius 3 is 2.72 bits per heavy atom. The molecule has 1 aromatic carbocycles. The highest BCUT2D eigenvalue weighted by Gasteiger charge is 2.14. The van der Waals surface area contributed by atoms with Gasteiger partial charge in [0.15, 0.2) is 0 Å². The van der Waals surface area contributed by atoms with Gasteiger partial charge < -0.3 is 9.84 Å². The van der Waals surface area contributed by atoms with Gasteiger partial charge in [-0.3, -0.25) is 4.79 Å². The number of carbonyl (C=O) groups is 1. The molecule has 0 radical (unpaired) electrons. The molecule has 5 nitrogen and oxygen atoms in total. The highest BCUT2D eigenvalue weighted by atomic mass is 19.1. The number of carbonyl (C=O) groups excluding carboxylic acids is 1. The molecule has 3 rings (SSSR count). The first-order chi connectivity index (χ1) is 12.2. The number of aryl methyl sites for hydroxylation is 1. The largest absolute Gasteiger partial charge is 0.356 e. The molecule has 0 unspecified atom stereocenters. The zero-order valence-electron chi connectivity index (χ0n) is 14.3. The van der Waals surface area contributed by atoms with Crippen LogP contribution in [0.15, 0.2) is 28.8 Å². The molecule has 1 aliphatic rings. The third kappa shape index (κ3) is 5.37. The number of amides is 1. The van der Waals surface area contributed by atoms with Crippen molar-refractivity contribution in [2.45, 2.75) is 51.4 Å². The Labute approximate surface area is 147 Å². The van der Waals surface area contributed by atoms with Crippen molar-refractivity contribution in [2.75, 3.05) is 6.54 Å². The summed E-state index contributed by atoms with van der Waals surface area (Å²) in [4.78, 5) is 16.2. The quantitative estimate of drug-likeness (QED) is 0.826. The maximum absolute atomic E-state index is 12.9. The Kier molecular flexibility index (Phi) is 6.14. The van der Waals surface area contributed by atoms with Gasteiger partial charge in [0.2, 0.25) is 17.6 Å². The van der Waals surface area contributed by atoms with Crippen LogP contribution in [0.5, 0.6) is 0 Å². The lowest BCUT2D eigenvalue weighted by molar-refractivity contribution is -0.121. The van der Waals surface area contributed by atoms with Crippen LogP contribution in [0.4, 0.5) is 4.39 Å². The van der Waals surface area contributed by atoms with Gasteiger partial charge in [-0.2, -0.15) is 4.98 Å². The second-order valence-corrected chi connectivity index (χ2v) is 6.68. The maximum atomic E-state index is 12.9. The van der Waals surface area contributed by atoms with Crippen LogP contribution in [0, 0.1) is 11.7 Å². The Balaban J connectivity index is 1.38. The van der Waals surface area contributed by atoms with Crippen molar-refractivity contribution in [3.8, 4) is 11.4 Å². The highest BCUT2D eigenvalue weighted by Crippen LogP contribution is 2.22. The average Bonchev–Trinajstić information content (AvgIpc) is 3.10. The lowest BCUT2D eigenvalue weighted by Crippen LogP contribution is -2.30. The third-order valence-electron chi connectivity index (χ3n) is 4.68. The summed E-state index contributed by atoms with van der Waals surface area (Å²) in [5, 5.41) is 6.94. The molecule has 0 saturated heterocycles. The van der Waals surface area contributed by atoms with Gasteiger partial charge in [0.05, 0.1) is 0 Å². The molecule has 134 valence electrons. The molecule has 1 N–H and O–H groups in total. The van der Waals surface area contributed by atoms with E-state index in [0.29, 0.717) is 42.5 Å². The topological polar surface area (TPSA) is 68.0 Å². The molecule has 2 aromatic rings. The molecule has 25 heavy (non-hydrogen) atoms. The van der Waals surface area contributed by atoms with Gasteiger partial charge in [-0.15, -0.1) is 0 Å². The first-order valence-corrected chi connectivity index (χ1v) is 9.06. The van der Waals surface area contributed by atoms with Crippen LogP contribution in [0.1, 0.15) is 50.8 Å². The molecule has 1 saturated carbocycles. The Hall–Kier alpha value is -2.24. The molecular formula is C19H24FN3O2. The minimum absolute atomic E-state index is 0.0869. The number of hydrogen-bond acceptors (Lipinski definition) is 4. The van der Waals surface area contributed by atoms with Crippen molar-refractivity contribution < 1.29 is 13.7 Å². The lowest BCUT2D eigenvalue weighted by Gasteiger charge is -2.21. The van der Waals surface area contributed by atoms with Crippen LogP contribution in [0.2, 0.25) is 0 Å². The lowest BCUT2D eigenvalue weighted by atomic mass is 9.89. The fourth-order valence-corrected chi connectivity index (χ4v) is 3.21. The van der Waals surface area contributed by atoms with E-state index in [4.69, 9.17) is 4.52 Å². The van der Waals surface area contributed by atoms with Crippen molar-refractivity contribution in [2.24, 2.45) is 5.92 Å². The number of hydrogen-bond donors (Lipinski definition) is 1. The highest BCUT2D eigenvalue weighted by molar-refractivity contribution is 5.75. The van der Waals surface area contributed by atoms with E-state index in [1.807, 2.05) is 0 Å². The molecule has 1 amide bonds. The molecule has 1 aromatic heterocycles. The van der Waals surface area contributed by atoms with Gasteiger partial charge in [-0.05, 0) is 49.4 Å². The summed E-state index contributed by atoms with van der Waals surface area (Å²) in [6.07, 6.45) is 8.05. The van der Waals surface area contributed by atoms with E-state index in [9.17, 15) is 9.18 Å². The van der Waals surface area contributed by atoms with Gasteiger partial charge in [0.1, 0.15) is 5.82 Å². The van der Waals surface area contributed by atoms with Gasteiger partial charge in [0, 0.05) is 24.9 Å². The van der Waals surface area contributed by atoms with Crippen LogP contribution < -0.4 is 5.32 Å². The minimum Gasteiger partial charge on any atom is -0.356 e. The molecular weight excluding hydrogens is 321 g/mol. The average molecular weight is 345 g/mol. The van der Waals surface area contributed by atoms with Gasteiger partial charge in [-0.25, -0.2) is 4.39 Å². The van der Waals surface area contributed by atoms with Gasteiger partial charge in [0.25, 0.3) is 0 Å². The molecule has 6 heteroatoms. The number of nitrogens with one attached hydrogen (secondary N) is 1. The van der Waals surface area contributed by atoms with Crippen molar-refractivity contribution in [3.05, 3.63) is 36.0 Å². The fourth-order valence-electron chi connectivity index (χ4n) is 3.21. The number of aromatic nitrogens is 2. The number of halogens is 1. The minimum atomic E-state index is -0.299. The van der Waals surface area contributed by atoms with Crippen LogP contribution in [-0.4, -0.2) is 22.6 Å². The van der Waals surface area contributed by atoms with Gasteiger partial charge >= 0.3 is 0 Å². The van der Waals surface area contributed by atoms with Crippen LogP contribution >= 0.6 is 0 Å². The van der Waals surface area contributed by atoms with Crippen LogP contribution in [0.3, 0.4) is 0 Å². The SMILES string of the molecule is O=C(CCCc1nc(-c2ccc(F)cc2)no1)NCC1CCCCC1. The molecule has 0 bridgehead atoms. The summed E-state index contributed by atoms with van der Waals surface area (Å²) in [6.45, 7) is 0.800. The predicted molar refractivity (Wildman–Crippen MR) is 92.2 cm³/mol. The summed E-state index contributed by atoms with van der Waals surface area (Å²) in [5.74, 6) is 1.37. The van der Waals surface area contributed by atoms with E-state index < -0.39 is 0 Å². The van der Waals surface area contributed by atoms with Crippen LogP contribution in [-0.2, 0) is 11.2 Å². The van der Waals surface area contributed by atoms with Crippen molar-refractivity contribution >= 4 is 5.91 Å². The van der Waals surface area contributed by atoms with E-state index in [1.165, 1.54) is 44.2 Å². The normalized spacial score (nSPS) is 15.2. The molecule has 0 atom stereocenters. The van der Waals surface area contributed by atoms with Crippen molar-refractivity contribution in [3.63, 3.8) is 0 Å². The Morgan fingerprint density at radius 1 is 1.20 bits per heavy atom. The summed E-state index contributed by atoms with van der Waals surface area (Å²) in [6, 6.07) is 5.95. The summed E-state index contributed by atoms with van der Waals surface area (Å²) >= 11 is 0. The number of rotatable bonds is 7. The molecule has 1 heterocycles. The monoisotopic (exact) mass is 345 g/mol. The van der Waals surface area contributed by atoms with Crippen LogP contribution in [0.25, 0.3) is 11.4 Å². The van der Waals surface area contributed by atoms with Crippen molar-refractivity contribution in [1.82, 2.24) is 15.5 Å². The Morgan fingerprint density at radius 2 is 1.96 bits per heavy atom. The van der Waals surface area contributed by atoms with E-state index >= 15 is 0 Å². The molecule has 1 aliphatic carbocycles. The zero-order chi connectivity index (χ0) is 17.5. The van der Waals surface area contributed by atoms with E-state index in [1.54, 1.807) is 12.1 Å². The standard InChI is InChI=1S/C19H24FN3O2/c20-16-11-9-15(10-12-16)19-22-18(25-23-19)8-4-7-17(24)21-13-14-5-2-1-3-6-14/h9-12,14H,1-8,13H2,(H,21,24). The first kappa shape index (κ1) is 17.6. The number of nitrogens with zero attached hydrogens (tertiary/aromatic N) is 2. The fraction of sp³-hybridized carbons (Fsp3) is 0.526. The number of benzene rings is 1. The van der Waals surface area contributed by atoms with Crippen molar-refractivity contribution in [1.29, 1.82) is 0 Å². The summed E-state index contributed by atoms with van der Waals surface area (Å²) in [7, 11) is 0.